The van der Waals surface area contributed by atoms with Crippen molar-refractivity contribution in [2.45, 2.75) is 13.0 Å². The molecule has 0 aliphatic carbocycles. The fourth-order valence-corrected chi connectivity index (χ4v) is 3.06. The number of benzene rings is 2. The van der Waals surface area contributed by atoms with Crippen molar-refractivity contribution >= 4 is 28.5 Å². The highest BCUT2D eigenvalue weighted by Gasteiger charge is 2.13. The second-order valence-electron chi connectivity index (χ2n) is 6.35. The van der Waals surface area contributed by atoms with Crippen molar-refractivity contribution < 1.29 is 9.53 Å². The molecule has 3 rings (SSSR count). The van der Waals surface area contributed by atoms with Crippen LogP contribution in [-0.2, 0) is 18.4 Å². The third kappa shape index (κ3) is 4.34. The summed E-state index contributed by atoms with van der Waals surface area (Å²) in [5, 5.41) is 0.651. The van der Waals surface area contributed by atoms with E-state index in [2.05, 4.69) is 0 Å². The van der Waals surface area contributed by atoms with Crippen molar-refractivity contribution in [3.05, 3.63) is 64.0 Å². The Kier molecular flexibility index (Phi) is 5.86. The van der Waals surface area contributed by atoms with Gasteiger partial charge in [-0.05, 0) is 36.4 Å². The van der Waals surface area contributed by atoms with E-state index in [4.69, 9.17) is 16.3 Å². The van der Waals surface area contributed by atoms with Gasteiger partial charge in [0.05, 0.1) is 17.6 Å². The molecule has 142 valence electrons. The number of carbonyl (C=O) groups is 1. The average Bonchev–Trinajstić information content (AvgIpc) is 2.92. The number of fused-ring (bicyclic) bond motifs is 1. The van der Waals surface area contributed by atoms with Crippen LogP contribution in [0.2, 0.25) is 5.02 Å². The maximum atomic E-state index is 12.4. The van der Waals surface area contributed by atoms with Crippen LogP contribution in [0.1, 0.15) is 6.42 Å². The normalized spacial score (nSPS) is 10.9. The Hall–Kier alpha value is -2.73. The Morgan fingerprint density at radius 2 is 1.78 bits per heavy atom. The zero-order valence-electron chi connectivity index (χ0n) is 15.4. The van der Waals surface area contributed by atoms with Gasteiger partial charge in [0.15, 0.2) is 0 Å². The number of nitrogens with zero attached hydrogens (tertiary/aromatic N) is 3. The molecule has 0 aliphatic rings. The van der Waals surface area contributed by atoms with Crippen LogP contribution in [0.3, 0.4) is 0 Å². The molecule has 0 unspecified atom stereocenters. The van der Waals surface area contributed by atoms with Crippen LogP contribution in [0.4, 0.5) is 0 Å². The van der Waals surface area contributed by atoms with Crippen molar-refractivity contribution in [1.29, 1.82) is 0 Å². The van der Waals surface area contributed by atoms with Gasteiger partial charge in [0, 0.05) is 32.1 Å². The number of halogens is 1. The number of rotatable bonds is 7. The zero-order chi connectivity index (χ0) is 19.4. The molecule has 2 aromatic carbocycles. The first-order valence-electron chi connectivity index (χ1n) is 8.74. The van der Waals surface area contributed by atoms with Crippen LogP contribution in [0.25, 0.3) is 11.0 Å². The standard InChI is InChI=1S/C20H22ClN3O3/c1-22(13-14-27-16-9-7-15(21)8-10-16)19(25)11-12-24-18-6-4-3-5-17(18)23(2)20(24)26/h3-10H,11-14H2,1-2H3. The van der Waals surface area contributed by atoms with Crippen molar-refractivity contribution in [2.75, 3.05) is 20.2 Å². The Morgan fingerprint density at radius 3 is 2.48 bits per heavy atom. The quantitative estimate of drug-likeness (QED) is 0.626. The molecule has 0 radical (unpaired) electrons. The molecule has 1 amide bonds. The SMILES string of the molecule is CN(CCOc1ccc(Cl)cc1)C(=O)CCn1c(=O)n(C)c2ccccc21. The van der Waals surface area contributed by atoms with Gasteiger partial charge in [0.25, 0.3) is 0 Å². The van der Waals surface area contributed by atoms with Crippen LogP contribution >= 0.6 is 11.6 Å². The number of ether oxygens (including phenoxy) is 1. The summed E-state index contributed by atoms with van der Waals surface area (Å²) in [5.74, 6) is 0.678. The Balaban J connectivity index is 1.54. The summed E-state index contributed by atoms with van der Waals surface area (Å²) >= 11 is 5.84. The molecule has 0 atom stereocenters. The highest BCUT2D eigenvalue weighted by molar-refractivity contribution is 6.30. The molecule has 6 nitrogen and oxygen atoms in total. The highest BCUT2D eigenvalue weighted by atomic mass is 35.5. The van der Waals surface area contributed by atoms with Gasteiger partial charge in [-0.3, -0.25) is 13.9 Å². The van der Waals surface area contributed by atoms with Crippen molar-refractivity contribution in [3.63, 3.8) is 0 Å². The molecule has 0 saturated carbocycles. The predicted molar refractivity (Wildman–Crippen MR) is 106 cm³/mol. The number of likely N-dealkylation sites (N-methyl/N-ethyl adjacent to an activating group) is 1. The number of hydrogen-bond donors (Lipinski definition) is 0. The van der Waals surface area contributed by atoms with E-state index in [1.165, 1.54) is 0 Å². The second-order valence-corrected chi connectivity index (χ2v) is 6.79. The molecular weight excluding hydrogens is 366 g/mol. The Labute approximate surface area is 162 Å². The van der Waals surface area contributed by atoms with E-state index in [-0.39, 0.29) is 18.0 Å². The summed E-state index contributed by atoms with van der Waals surface area (Å²) in [7, 11) is 3.47. The summed E-state index contributed by atoms with van der Waals surface area (Å²) in [6.07, 6.45) is 0.255. The number of aryl methyl sites for hydroxylation is 2. The van der Waals surface area contributed by atoms with Gasteiger partial charge in [0.2, 0.25) is 5.91 Å². The van der Waals surface area contributed by atoms with E-state index in [9.17, 15) is 9.59 Å². The van der Waals surface area contributed by atoms with Gasteiger partial charge >= 0.3 is 5.69 Å². The first kappa shape index (κ1) is 19.0. The number of amides is 1. The molecule has 0 saturated heterocycles. The van der Waals surface area contributed by atoms with E-state index in [0.29, 0.717) is 30.5 Å². The van der Waals surface area contributed by atoms with Crippen molar-refractivity contribution in [2.24, 2.45) is 7.05 Å². The number of imidazole rings is 1. The lowest BCUT2D eigenvalue weighted by Gasteiger charge is -2.17. The smallest absolute Gasteiger partial charge is 0.328 e. The van der Waals surface area contributed by atoms with E-state index in [1.807, 2.05) is 24.3 Å². The minimum atomic E-state index is -0.113. The molecule has 7 heteroatoms. The lowest BCUT2D eigenvalue weighted by molar-refractivity contribution is -0.130. The molecular formula is C20H22ClN3O3. The number of aromatic nitrogens is 2. The van der Waals surface area contributed by atoms with Crippen LogP contribution in [0.15, 0.2) is 53.3 Å². The maximum Gasteiger partial charge on any atom is 0.328 e. The van der Waals surface area contributed by atoms with Gasteiger partial charge < -0.3 is 9.64 Å². The lowest BCUT2D eigenvalue weighted by Crippen LogP contribution is -2.32. The topological polar surface area (TPSA) is 56.5 Å². The molecule has 27 heavy (non-hydrogen) atoms. The Bertz CT molecular complexity index is 992. The summed E-state index contributed by atoms with van der Waals surface area (Å²) in [5.41, 5.74) is 1.59. The van der Waals surface area contributed by atoms with E-state index in [0.717, 1.165) is 11.0 Å². The molecule has 0 fully saturated rings. The van der Waals surface area contributed by atoms with Gasteiger partial charge in [-0.1, -0.05) is 23.7 Å². The first-order valence-corrected chi connectivity index (χ1v) is 9.12. The number of carbonyl (C=O) groups excluding carboxylic acids is 1. The molecule has 0 bridgehead atoms. The fraction of sp³-hybridized carbons (Fsp3) is 0.300. The average molecular weight is 388 g/mol. The molecule has 0 spiro atoms. The van der Waals surface area contributed by atoms with E-state index in [1.54, 1.807) is 52.4 Å². The van der Waals surface area contributed by atoms with Crippen LogP contribution in [0, 0.1) is 0 Å². The van der Waals surface area contributed by atoms with Gasteiger partial charge in [-0.2, -0.15) is 0 Å². The number of hydrogen-bond acceptors (Lipinski definition) is 3. The molecule has 0 aliphatic heterocycles. The fourth-order valence-electron chi connectivity index (χ4n) is 2.93. The summed E-state index contributed by atoms with van der Waals surface area (Å²) < 4.78 is 8.86. The van der Waals surface area contributed by atoms with E-state index < -0.39 is 0 Å². The lowest BCUT2D eigenvalue weighted by atomic mass is 10.3. The second kappa shape index (κ2) is 8.31. The zero-order valence-corrected chi connectivity index (χ0v) is 16.1. The summed E-state index contributed by atoms with van der Waals surface area (Å²) in [4.78, 5) is 26.4. The molecule has 3 aromatic rings. The molecule has 0 N–H and O–H groups in total. The molecule has 1 aromatic heterocycles. The third-order valence-corrected chi connectivity index (χ3v) is 4.79. The predicted octanol–water partition coefficient (Wildman–Crippen LogP) is 2.92. The summed E-state index contributed by atoms with van der Waals surface area (Å²) in [6.45, 7) is 1.20. The number of para-hydroxylation sites is 2. The molecule has 1 heterocycles. The largest absolute Gasteiger partial charge is 0.492 e. The first-order chi connectivity index (χ1) is 13.0. The minimum absolute atomic E-state index is 0.0328. The minimum Gasteiger partial charge on any atom is -0.492 e. The maximum absolute atomic E-state index is 12.4. The third-order valence-electron chi connectivity index (χ3n) is 4.54. The highest BCUT2D eigenvalue weighted by Crippen LogP contribution is 2.15. The van der Waals surface area contributed by atoms with Gasteiger partial charge in [-0.15, -0.1) is 0 Å². The van der Waals surface area contributed by atoms with Gasteiger partial charge in [-0.25, -0.2) is 4.79 Å². The summed E-state index contributed by atoms with van der Waals surface area (Å²) in [6, 6.07) is 14.7. The Morgan fingerprint density at radius 1 is 1.11 bits per heavy atom. The van der Waals surface area contributed by atoms with Crippen molar-refractivity contribution in [3.8, 4) is 5.75 Å². The van der Waals surface area contributed by atoms with Gasteiger partial charge in [0.1, 0.15) is 12.4 Å². The van der Waals surface area contributed by atoms with Crippen LogP contribution in [-0.4, -0.2) is 40.1 Å². The van der Waals surface area contributed by atoms with Crippen LogP contribution in [0.5, 0.6) is 5.75 Å². The van der Waals surface area contributed by atoms with Crippen molar-refractivity contribution in [1.82, 2.24) is 14.0 Å². The van der Waals surface area contributed by atoms with Crippen LogP contribution < -0.4 is 10.4 Å². The van der Waals surface area contributed by atoms with E-state index >= 15 is 0 Å². The monoisotopic (exact) mass is 387 g/mol.